The monoisotopic (exact) mass is 466 g/mol. The van der Waals surface area contributed by atoms with Crippen molar-refractivity contribution in [3.63, 3.8) is 0 Å². The molecule has 2 heterocycles. The predicted molar refractivity (Wildman–Crippen MR) is 118 cm³/mol. The molecule has 0 N–H and O–H groups in total. The largest absolute Gasteiger partial charge is 0.488 e. The first-order valence-corrected chi connectivity index (χ1v) is 10.7. The first-order valence-electron chi connectivity index (χ1n) is 9.95. The molecule has 7 nitrogen and oxygen atoms in total. The van der Waals surface area contributed by atoms with Crippen molar-refractivity contribution in [2.24, 2.45) is 0 Å². The molecule has 1 amide bonds. The highest BCUT2D eigenvalue weighted by molar-refractivity contribution is 6.32. The van der Waals surface area contributed by atoms with Crippen LogP contribution >= 0.6 is 23.2 Å². The van der Waals surface area contributed by atoms with E-state index >= 15 is 0 Å². The molecule has 1 aliphatic heterocycles. The Bertz CT molecular complexity index is 952. The third-order valence-corrected chi connectivity index (χ3v) is 5.70. The minimum absolute atomic E-state index is 0.00610. The van der Waals surface area contributed by atoms with Gasteiger partial charge in [-0.1, -0.05) is 37.0 Å². The minimum Gasteiger partial charge on any atom is -0.488 e. The Labute approximate surface area is 191 Å². The lowest BCUT2D eigenvalue weighted by molar-refractivity contribution is -0.140. The number of fused-ring (bicyclic) bond motifs is 1. The summed E-state index contributed by atoms with van der Waals surface area (Å²) in [5.74, 6) is 0.261. The first kappa shape index (κ1) is 23.2. The molecule has 1 aromatic heterocycles. The number of carbonyl (C=O) groups is 2. The van der Waals surface area contributed by atoms with E-state index in [1.54, 1.807) is 24.4 Å². The number of hydrogen-bond donors (Lipinski definition) is 0. The van der Waals surface area contributed by atoms with Crippen LogP contribution in [0, 0.1) is 0 Å². The number of hydrogen-bond acceptors (Lipinski definition) is 6. The molecule has 166 valence electrons. The molecule has 0 unspecified atom stereocenters. The van der Waals surface area contributed by atoms with Crippen LogP contribution in [0.15, 0.2) is 30.5 Å². The molecule has 2 atom stereocenters. The summed E-state index contributed by atoms with van der Waals surface area (Å²) in [6, 6.07) is 6.98. The van der Waals surface area contributed by atoms with Crippen LogP contribution < -0.4 is 14.4 Å². The van der Waals surface area contributed by atoms with Crippen molar-refractivity contribution in [1.29, 1.82) is 0 Å². The van der Waals surface area contributed by atoms with Gasteiger partial charge in [0.2, 0.25) is 0 Å². The number of anilines is 1. The number of rotatable bonds is 8. The normalized spacial score (nSPS) is 15.0. The number of aromatic nitrogens is 1. The Kier molecular flexibility index (Phi) is 7.62. The van der Waals surface area contributed by atoms with Gasteiger partial charge >= 0.3 is 5.97 Å². The molecular weight excluding hydrogens is 443 g/mol. The topological polar surface area (TPSA) is 78.0 Å². The Balaban J connectivity index is 1.82. The van der Waals surface area contributed by atoms with Crippen molar-refractivity contribution >= 4 is 40.8 Å². The van der Waals surface area contributed by atoms with E-state index in [1.165, 1.54) is 12.0 Å². The lowest BCUT2D eigenvalue weighted by atomic mass is 9.98. The van der Waals surface area contributed by atoms with Gasteiger partial charge < -0.3 is 19.1 Å². The lowest BCUT2D eigenvalue weighted by Gasteiger charge is -2.30. The second kappa shape index (κ2) is 10.2. The summed E-state index contributed by atoms with van der Waals surface area (Å²) in [7, 11) is 1.31. The van der Waals surface area contributed by atoms with Crippen molar-refractivity contribution in [2.45, 2.75) is 38.7 Å². The van der Waals surface area contributed by atoms with E-state index in [1.807, 2.05) is 19.9 Å². The number of ether oxygens (including phenoxy) is 3. The van der Waals surface area contributed by atoms with Crippen LogP contribution in [0.3, 0.4) is 0 Å². The number of esters is 1. The summed E-state index contributed by atoms with van der Waals surface area (Å²) in [5, 5.41) is 0.918. The smallest absolute Gasteiger partial charge is 0.307 e. The third-order valence-electron chi connectivity index (χ3n) is 5.18. The van der Waals surface area contributed by atoms with Gasteiger partial charge in [0.05, 0.1) is 29.3 Å². The molecular formula is C22H24Cl2N2O5. The first-order chi connectivity index (χ1) is 14.8. The van der Waals surface area contributed by atoms with Crippen molar-refractivity contribution in [2.75, 3.05) is 25.2 Å². The second-order valence-corrected chi connectivity index (χ2v) is 8.01. The fourth-order valence-corrected chi connectivity index (χ4v) is 3.71. The summed E-state index contributed by atoms with van der Waals surface area (Å²) in [6.45, 7) is 4.10. The average molecular weight is 467 g/mol. The van der Waals surface area contributed by atoms with Crippen molar-refractivity contribution < 1.29 is 23.8 Å². The molecule has 1 aliphatic rings. The van der Waals surface area contributed by atoms with Crippen LogP contribution in [0.5, 0.6) is 11.5 Å². The van der Waals surface area contributed by atoms with E-state index in [9.17, 15) is 9.59 Å². The van der Waals surface area contributed by atoms with Crippen LogP contribution in [-0.2, 0) is 14.3 Å². The average Bonchev–Trinajstić information content (AvgIpc) is 2.77. The van der Waals surface area contributed by atoms with E-state index in [-0.39, 0.29) is 37.5 Å². The SMILES string of the molecule is CC[C@@H](Oc1cc2c(cc1Cl)N(CCC(=O)OC)C(=O)CO2)[C@H](C)c1ccc(Cl)cn1. The molecule has 0 spiro atoms. The number of methoxy groups -OCH3 is 1. The molecule has 3 rings (SSSR count). The van der Waals surface area contributed by atoms with Crippen LogP contribution in [0.1, 0.15) is 38.3 Å². The predicted octanol–water partition coefficient (Wildman–Crippen LogP) is 4.64. The van der Waals surface area contributed by atoms with Crippen LogP contribution in [-0.4, -0.2) is 43.2 Å². The Hall–Kier alpha value is -2.51. The maximum absolute atomic E-state index is 12.3. The molecule has 0 aliphatic carbocycles. The second-order valence-electron chi connectivity index (χ2n) is 7.17. The van der Waals surface area contributed by atoms with Crippen molar-refractivity contribution in [3.05, 3.63) is 46.2 Å². The quantitative estimate of drug-likeness (QED) is 0.527. The van der Waals surface area contributed by atoms with Crippen LogP contribution in [0.4, 0.5) is 5.69 Å². The fraction of sp³-hybridized carbons (Fsp3) is 0.409. The van der Waals surface area contributed by atoms with E-state index in [0.717, 1.165) is 12.1 Å². The molecule has 0 bridgehead atoms. The molecule has 9 heteroatoms. The van der Waals surface area contributed by atoms with Gasteiger partial charge in [-0.2, -0.15) is 0 Å². The van der Waals surface area contributed by atoms with Gasteiger partial charge in [-0.25, -0.2) is 0 Å². The van der Waals surface area contributed by atoms with Gasteiger partial charge in [-0.3, -0.25) is 14.6 Å². The summed E-state index contributed by atoms with van der Waals surface area (Å²) in [6.07, 6.45) is 2.22. The van der Waals surface area contributed by atoms with Crippen molar-refractivity contribution in [3.8, 4) is 11.5 Å². The Morgan fingerprint density at radius 2 is 2.10 bits per heavy atom. The molecule has 0 fully saturated rings. The number of benzene rings is 1. The van der Waals surface area contributed by atoms with Crippen LogP contribution in [0.2, 0.25) is 10.0 Å². The maximum Gasteiger partial charge on any atom is 0.307 e. The number of carbonyl (C=O) groups excluding carboxylic acids is 2. The van der Waals surface area contributed by atoms with E-state index in [4.69, 9.17) is 32.7 Å². The zero-order chi connectivity index (χ0) is 22.5. The summed E-state index contributed by atoms with van der Waals surface area (Å²) < 4.78 is 16.5. The molecule has 1 aromatic carbocycles. The molecule has 0 saturated carbocycles. The third kappa shape index (κ3) is 5.40. The molecule has 31 heavy (non-hydrogen) atoms. The number of pyridine rings is 1. The number of amides is 1. The summed E-state index contributed by atoms with van der Waals surface area (Å²) >= 11 is 12.4. The number of nitrogens with zero attached hydrogens (tertiary/aromatic N) is 2. The molecule has 2 aromatic rings. The summed E-state index contributed by atoms with van der Waals surface area (Å²) in [5.41, 5.74) is 1.36. The molecule has 0 saturated heterocycles. The Morgan fingerprint density at radius 1 is 1.32 bits per heavy atom. The van der Waals surface area contributed by atoms with Gasteiger partial charge in [-0.15, -0.1) is 0 Å². The van der Waals surface area contributed by atoms with Gasteiger partial charge in [0, 0.05) is 30.4 Å². The summed E-state index contributed by atoms with van der Waals surface area (Å²) in [4.78, 5) is 29.7. The molecule has 0 radical (unpaired) electrons. The highest BCUT2D eigenvalue weighted by Crippen LogP contribution is 2.41. The number of halogens is 2. The van der Waals surface area contributed by atoms with E-state index in [2.05, 4.69) is 9.72 Å². The van der Waals surface area contributed by atoms with E-state index in [0.29, 0.717) is 27.2 Å². The van der Waals surface area contributed by atoms with Gasteiger partial charge in [0.1, 0.15) is 17.6 Å². The standard InChI is InChI=1S/C22H24Cl2N2O5/c1-4-18(13(2)16-6-5-14(23)11-25-16)31-19-10-20-17(9-15(19)24)26(21(27)12-30-20)8-7-22(28)29-3/h5-6,9-11,13,18H,4,7-8,12H2,1-3H3/t13-,18-/m1/s1. The van der Waals surface area contributed by atoms with E-state index < -0.39 is 5.97 Å². The minimum atomic E-state index is -0.400. The lowest BCUT2D eigenvalue weighted by Crippen LogP contribution is -2.40. The van der Waals surface area contributed by atoms with Crippen molar-refractivity contribution in [1.82, 2.24) is 4.98 Å². The van der Waals surface area contributed by atoms with Gasteiger partial charge in [-0.05, 0) is 24.6 Å². The zero-order valence-electron chi connectivity index (χ0n) is 17.6. The van der Waals surface area contributed by atoms with Crippen LogP contribution in [0.25, 0.3) is 0 Å². The van der Waals surface area contributed by atoms with Gasteiger partial charge in [0.25, 0.3) is 5.91 Å². The highest BCUT2D eigenvalue weighted by Gasteiger charge is 2.29. The fourth-order valence-electron chi connectivity index (χ4n) is 3.39. The Morgan fingerprint density at radius 3 is 2.74 bits per heavy atom. The zero-order valence-corrected chi connectivity index (χ0v) is 19.1. The highest BCUT2D eigenvalue weighted by atomic mass is 35.5. The van der Waals surface area contributed by atoms with Gasteiger partial charge in [0.15, 0.2) is 6.61 Å². The maximum atomic E-state index is 12.3.